The van der Waals surface area contributed by atoms with Crippen LogP contribution in [-0.2, 0) is 11.3 Å². The van der Waals surface area contributed by atoms with Crippen molar-refractivity contribution in [2.45, 2.75) is 19.5 Å². The maximum absolute atomic E-state index is 12.8. The fourth-order valence-electron chi connectivity index (χ4n) is 2.82. The lowest BCUT2D eigenvalue weighted by atomic mass is 10.1. The van der Waals surface area contributed by atoms with Crippen molar-refractivity contribution in [1.29, 1.82) is 0 Å². The Morgan fingerprint density at radius 1 is 1.00 bits per heavy atom. The molecule has 3 rings (SSSR count). The maximum Gasteiger partial charge on any atom is 0.267 e. The van der Waals surface area contributed by atoms with E-state index < -0.39 is 6.04 Å². The van der Waals surface area contributed by atoms with Gasteiger partial charge in [-0.15, -0.1) is 0 Å². The van der Waals surface area contributed by atoms with E-state index in [9.17, 15) is 9.59 Å². The third-order valence-electron chi connectivity index (χ3n) is 4.26. The molecule has 0 aliphatic rings. The number of carbonyl (C=O) groups is 1. The van der Waals surface area contributed by atoms with Crippen LogP contribution in [0.4, 0.5) is 0 Å². The summed E-state index contributed by atoms with van der Waals surface area (Å²) in [4.78, 5) is 26.6. The zero-order chi connectivity index (χ0) is 18.5. The third-order valence-corrected chi connectivity index (χ3v) is 4.26. The Morgan fingerprint density at radius 2 is 1.62 bits per heavy atom. The number of nitrogens with zero attached hydrogens (tertiary/aromatic N) is 3. The molecule has 0 bridgehead atoms. The predicted molar refractivity (Wildman–Crippen MR) is 102 cm³/mol. The first-order valence-corrected chi connectivity index (χ1v) is 8.50. The Labute approximate surface area is 152 Å². The van der Waals surface area contributed by atoms with Crippen LogP contribution in [0.25, 0.3) is 11.3 Å². The van der Waals surface area contributed by atoms with Crippen molar-refractivity contribution in [3.8, 4) is 11.3 Å². The van der Waals surface area contributed by atoms with E-state index >= 15 is 0 Å². The molecule has 0 saturated carbocycles. The summed E-state index contributed by atoms with van der Waals surface area (Å²) in [5, 5.41) is 4.41. The standard InChI is InChI=1S/C21H21N3O2/c1-16(21(26)23(2)15-17-9-5-3-6-10-17)24-20(25)14-13-19(22-24)18-11-7-4-8-12-18/h3-14,16H,15H2,1-2H3. The average molecular weight is 347 g/mol. The number of amides is 1. The van der Waals surface area contributed by atoms with Gasteiger partial charge in [0.1, 0.15) is 6.04 Å². The van der Waals surface area contributed by atoms with Crippen LogP contribution >= 0.6 is 0 Å². The molecule has 0 aliphatic carbocycles. The van der Waals surface area contributed by atoms with Gasteiger partial charge in [0.25, 0.3) is 5.56 Å². The summed E-state index contributed by atoms with van der Waals surface area (Å²) in [6.45, 7) is 2.18. The van der Waals surface area contributed by atoms with Gasteiger partial charge in [0, 0.05) is 25.2 Å². The molecule has 1 atom stereocenters. The van der Waals surface area contributed by atoms with E-state index in [0.717, 1.165) is 11.1 Å². The summed E-state index contributed by atoms with van der Waals surface area (Å²) in [6, 6.07) is 21.8. The van der Waals surface area contributed by atoms with Gasteiger partial charge in [0.2, 0.25) is 5.91 Å². The fraction of sp³-hybridized carbons (Fsp3) is 0.190. The Kier molecular flexibility index (Phi) is 5.27. The molecule has 1 heterocycles. The first-order chi connectivity index (χ1) is 12.6. The SMILES string of the molecule is CC(C(=O)N(C)Cc1ccccc1)n1nc(-c2ccccc2)ccc1=O. The van der Waals surface area contributed by atoms with E-state index in [1.807, 2.05) is 60.7 Å². The van der Waals surface area contributed by atoms with Gasteiger partial charge in [-0.1, -0.05) is 60.7 Å². The Morgan fingerprint density at radius 3 is 2.27 bits per heavy atom. The van der Waals surface area contributed by atoms with Gasteiger partial charge in [-0.3, -0.25) is 9.59 Å². The molecular formula is C21H21N3O2. The minimum atomic E-state index is -0.681. The molecule has 1 unspecified atom stereocenters. The van der Waals surface area contributed by atoms with Crippen LogP contribution in [0.3, 0.4) is 0 Å². The zero-order valence-corrected chi connectivity index (χ0v) is 14.9. The highest BCUT2D eigenvalue weighted by Crippen LogP contribution is 2.16. The van der Waals surface area contributed by atoms with Gasteiger partial charge < -0.3 is 4.90 Å². The molecule has 2 aromatic carbocycles. The number of hydrogen-bond acceptors (Lipinski definition) is 3. The minimum Gasteiger partial charge on any atom is -0.340 e. The first kappa shape index (κ1) is 17.6. The van der Waals surface area contributed by atoms with Gasteiger partial charge in [-0.2, -0.15) is 5.10 Å². The van der Waals surface area contributed by atoms with Crippen molar-refractivity contribution >= 4 is 5.91 Å². The molecule has 5 nitrogen and oxygen atoms in total. The molecule has 1 amide bonds. The van der Waals surface area contributed by atoms with Crippen LogP contribution in [0.15, 0.2) is 77.6 Å². The van der Waals surface area contributed by atoms with Crippen molar-refractivity contribution in [3.63, 3.8) is 0 Å². The second kappa shape index (κ2) is 7.78. The van der Waals surface area contributed by atoms with Gasteiger partial charge in [-0.05, 0) is 18.6 Å². The molecule has 0 spiro atoms. The van der Waals surface area contributed by atoms with E-state index in [-0.39, 0.29) is 11.5 Å². The van der Waals surface area contributed by atoms with Gasteiger partial charge in [0.15, 0.2) is 0 Å². The summed E-state index contributed by atoms with van der Waals surface area (Å²) in [5.41, 5.74) is 2.31. The molecule has 1 aromatic heterocycles. The fourth-order valence-corrected chi connectivity index (χ4v) is 2.82. The van der Waals surface area contributed by atoms with Crippen molar-refractivity contribution in [2.24, 2.45) is 0 Å². The molecule has 0 saturated heterocycles. The molecule has 0 radical (unpaired) electrons. The van der Waals surface area contributed by atoms with E-state index in [4.69, 9.17) is 0 Å². The van der Waals surface area contributed by atoms with Crippen LogP contribution in [0.5, 0.6) is 0 Å². The van der Waals surface area contributed by atoms with Gasteiger partial charge >= 0.3 is 0 Å². The average Bonchev–Trinajstić information content (AvgIpc) is 2.68. The van der Waals surface area contributed by atoms with Crippen molar-refractivity contribution < 1.29 is 4.79 Å². The summed E-state index contributed by atoms with van der Waals surface area (Å²) in [5.74, 6) is -0.159. The third kappa shape index (κ3) is 3.88. The van der Waals surface area contributed by atoms with Crippen LogP contribution in [0.1, 0.15) is 18.5 Å². The summed E-state index contributed by atoms with van der Waals surface area (Å²) in [7, 11) is 1.73. The monoisotopic (exact) mass is 347 g/mol. The summed E-state index contributed by atoms with van der Waals surface area (Å²) in [6.07, 6.45) is 0. The first-order valence-electron chi connectivity index (χ1n) is 8.50. The second-order valence-electron chi connectivity index (χ2n) is 6.22. The number of benzene rings is 2. The van der Waals surface area contributed by atoms with Crippen LogP contribution in [0.2, 0.25) is 0 Å². The second-order valence-corrected chi connectivity index (χ2v) is 6.22. The normalized spacial score (nSPS) is 11.8. The summed E-state index contributed by atoms with van der Waals surface area (Å²) >= 11 is 0. The number of likely N-dealkylation sites (N-methyl/N-ethyl adjacent to an activating group) is 1. The van der Waals surface area contributed by atoms with Crippen molar-refractivity contribution in [3.05, 3.63) is 88.7 Å². The van der Waals surface area contributed by atoms with E-state index in [2.05, 4.69) is 5.10 Å². The number of hydrogen-bond donors (Lipinski definition) is 0. The molecule has 0 aliphatic heterocycles. The largest absolute Gasteiger partial charge is 0.340 e. The quantitative estimate of drug-likeness (QED) is 0.712. The van der Waals surface area contributed by atoms with Crippen molar-refractivity contribution in [2.75, 3.05) is 7.05 Å². The molecule has 132 valence electrons. The molecule has 0 fully saturated rings. The summed E-state index contributed by atoms with van der Waals surface area (Å²) < 4.78 is 1.26. The number of carbonyl (C=O) groups excluding carboxylic acids is 1. The maximum atomic E-state index is 12.8. The van der Waals surface area contributed by atoms with Gasteiger partial charge in [-0.25, -0.2) is 4.68 Å². The Balaban J connectivity index is 1.83. The molecule has 3 aromatic rings. The van der Waals surface area contributed by atoms with Crippen LogP contribution in [-0.4, -0.2) is 27.6 Å². The molecular weight excluding hydrogens is 326 g/mol. The predicted octanol–water partition coefficient (Wildman–Crippen LogP) is 3.13. The zero-order valence-electron chi connectivity index (χ0n) is 14.9. The topological polar surface area (TPSA) is 55.2 Å². The highest BCUT2D eigenvalue weighted by Gasteiger charge is 2.21. The van der Waals surface area contributed by atoms with E-state index in [1.165, 1.54) is 10.7 Å². The molecule has 5 heteroatoms. The smallest absolute Gasteiger partial charge is 0.267 e. The molecule has 0 N–H and O–H groups in total. The highest BCUT2D eigenvalue weighted by atomic mass is 16.2. The van der Waals surface area contributed by atoms with E-state index in [0.29, 0.717) is 12.2 Å². The lowest BCUT2D eigenvalue weighted by molar-refractivity contribution is -0.133. The highest BCUT2D eigenvalue weighted by molar-refractivity contribution is 5.79. The molecule has 26 heavy (non-hydrogen) atoms. The minimum absolute atomic E-state index is 0.159. The van der Waals surface area contributed by atoms with Crippen LogP contribution in [0, 0.1) is 0 Å². The number of rotatable bonds is 5. The van der Waals surface area contributed by atoms with Gasteiger partial charge in [0.05, 0.1) is 5.69 Å². The number of aromatic nitrogens is 2. The Hall–Kier alpha value is -3.21. The lowest BCUT2D eigenvalue weighted by Gasteiger charge is -2.22. The van der Waals surface area contributed by atoms with Crippen LogP contribution < -0.4 is 5.56 Å². The van der Waals surface area contributed by atoms with E-state index in [1.54, 1.807) is 24.9 Å². The lowest BCUT2D eigenvalue weighted by Crippen LogP contribution is -2.37. The Bertz CT molecular complexity index is 936. The van der Waals surface area contributed by atoms with Crippen molar-refractivity contribution in [1.82, 2.24) is 14.7 Å².